The first-order chi connectivity index (χ1) is 32.5. The lowest BCUT2D eigenvalue weighted by Gasteiger charge is -2.33. The average Bonchev–Trinajstić information content (AvgIpc) is 3.82. The van der Waals surface area contributed by atoms with Crippen LogP contribution in [0, 0.1) is 0 Å². The molecule has 11 aromatic rings. The zero-order valence-corrected chi connectivity index (χ0v) is 36.8. The molecular formula is C64H44N2. The minimum Gasteiger partial charge on any atom is -0.228 e. The van der Waals surface area contributed by atoms with Crippen molar-refractivity contribution in [2.75, 3.05) is 0 Å². The molecule has 310 valence electrons. The van der Waals surface area contributed by atoms with Gasteiger partial charge in [0, 0.05) is 22.1 Å². The average molecular weight is 841 g/mol. The van der Waals surface area contributed by atoms with E-state index in [2.05, 4.69) is 244 Å². The molecule has 2 heteroatoms. The summed E-state index contributed by atoms with van der Waals surface area (Å²) in [6.07, 6.45) is 0. The van der Waals surface area contributed by atoms with Crippen LogP contribution in [0.3, 0.4) is 0 Å². The van der Waals surface area contributed by atoms with Crippen molar-refractivity contribution in [2.45, 2.75) is 24.7 Å². The Hall–Kier alpha value is -8.20. The summed E-state index contributed by atoms with van der Waals surface area (Å²) in [4.78, 5) is 11.0. The molecule has 0 saturated carbocycles. The van der Waals surface area contributed by atoms with Gasteiger partial charge in [-0.15, -0.1) is 0 Å². The van der Waals surface area contributed by atoms with Gasteiger partial charge >= 0.3 is 0 Å². The molecule has 2 aliphatic carbocycles. The number of rotatable bonds is 6. The van der Waals surface area contributed by atoms with Crippen molar-refractivity contribution in [3.05, 3.63) is 264 Å². The number of aromatic nitrogens is 2. The second-order valence-electron chi connectivity index (χ2n) is 18.4. The van der Waals surface area contributed by atoms with Crippen molar-refractivity contribution in [3.8, 4) is 67.3 Å². The Balaban J connectivity index is 1.02. The van der Waals surface area contributed by atoms with Crippen molar-refractivity contribution in [1.29, 1.82) is 0 Å². The molecule has 0 atom stereocenters. The SMILES string of the molecule is CC1(C)c2ccc(-c3ccc(-c4nc(-c5ccccc5)cc(-c5cccc6c5-c5ccccc5C6(c5ccccc5)c5ccccc5)n4)c4ccccc34)cc2-c2c1ccc1ccccc21. The van der Waals surface area contributed by atoms with Gasteiger partial charge in [0.15, 0.2) is 5.82 Å². The Bertz CT molecular complexity index is 3680. The standard InChI is InChI=1S/C64H44N2/c1-63(2)54-37-34-43(39-53(54)60-47-26-13-12-19-41(47)33-38-56(60)63)46-35-36-50(49-28-15-14-27-48(46)49)62-65-58(42-20-6-3-7-21-42)40-59(66-62)52-30-18-32-57-61(52)51-29-16-17-31-55(51)64(57,44-22-8-4-9-23-44)45-24-10-5-11-25-45/h3-40H,1-2H3. The Morgan fingerprint density at radius 3 is 1.65 bits per heavy atom. The third kappa shape index (κ3) is 5.55. The first-order valence-corrected chi connectivity index (χ1v) is 23.0. The minimum absolute atomic E-state index is 0.0937. The lowest BCUT2D eigenvalue weighted by atomic mass is 9.67. The van der Waals surface area contributed by atoms with Crippen molar-refractivity contribution < 1.29 is 0 Å². The minimum atomic E-state index is -0.517. The van der Waals surface area contributed by atoms with Crippen LogP contribution in [-0.2, 0) is 10.8 Å². The maximum atomic E-state index is 5.60. The lowest BCUT2D eigenvalue weighted by Crippen LogP contribution is -2.28. The predicted molar refractivity (Wildman–Crippen MR) is 274 cm³/mol. The van der Waals surface area contributed by atoms with Crippen LogP contribution >= 0.6 is 0 Å². The van der Waals surface area contributed by atoms with E-state index in [0.717, 1.165) is 33.5 Å². The normalized spacial score (nSPS) is 13.8. The van der Waals surface area contributed by atoms with Gasteiger partial charge in [0.1, 0.15) is 0 Å². The lowest BCUT2D eigenvalue weighted by molar-refractivity contribution is 0.661. The molecule has 0 saturated heterocycles. The van der Waals surface area contributed by atoms with Crippen LogP contribution in [0.15, 0.2) is 231 Å². The van der Waals surface area contributed by atoms with Gasteiger partial charge < -0.3 is 0 Å². The van der Waals surface area contributed by atoms with E-state index in [9.17, 15) is 0 Å². The summed E-state index contributed by atoms with van der Waals surface area (Å²) in [5.41, 5.74) is 19.6. The molecule has 0 unspecified atom stereocenters. The second-order valence-corrected chi connectivity index (χ2v) is 18.4. The number of hydrogen-bond donors (Lipinski definition) is 0. The van der Waals surface area contributed by atoms with Crippen LogP contribution in [-0.4, -0.2) is 9.97 Å². The summed E-state index contributed by atoms with van der Waals surface area (Å²) in [6, 6.07) is 84.3. The molecule has 2 nitrogen and oxygen atoms in total. The van der Waals surface area contributed by atoms with Crippen molar-refractivity contribution in [3.63, 3.8) is 0 Å². The van der Waals surface area contributed by atoms with Crippen LogP contribution in [0.5, 0.6) is 0 Å². The molecule has 13 rings (SSSR count). The zero-order valence-electron chi connectivity index (χ0n) is 36.8. The molecule has 10 aromatic carbocycles. The van der Waals surface area contributed by atoms with E-state index in [1.807, 2.05) is 0 Å². The molecule has 2 aliphatic rings. The van der Waals surface area contributed by atoms with Gasteiger partial charge in [0.25, 0.3) is 0 Å². The third-order valence-electron chi connectivity index (χ3n) is 14.6. The Kier molecular flexibility index (Phi) is 8.51. The van der Waals surface area contributed by atoms with Gasteiger partial charge in [-0.2, -0.15) is 0 Å². The van der Waals surface area contributed by atoms with Gasteiger partial charge in [-0.05, 0) is 107 Å². The van der Waals surface area contributed by atoms with Crippen LogP contribution in [0.2, 0.25) is 0 Å². The molecule has 0 bridgehead atoms. The van der Waals surface area contributed by atoms with Crippen LogP contribution < -0.4 is 0 Å². The van der Waals surface area contributed by atoms with Gasteiger partial charge in [0.2, 0.25) is 0 Å². The van der Waals surface area contributed by atoms with Crippen LogP contribution in [0.4, 0.5) is 0 Å². The predicted octanol–water partition coefficient (Wildman–Crippen LogP) is 16.1. The summed E-state index contributed by atoms with van der Waals surface area (Å²) in [5, 5.41) is 4.87. The molecule has 0 fully saturated rings. The molecule has 0 spiro atoms. The topological polar surface area (TPSA) is 25.8 Å². The van der Waals surface area contributed by atoms with Gasteiger partial charge in [-0.25, -0.2) is 9.97 Å². The van der Waals surface area contributed by atoms with Crippen LogP contribution in [0.1, 0.15) is 47.2 Å². The summed E-state index contributed by atoms with van der Waals surface area (Å²) in [6.45, 7) is 4.72. The maximum absolute atomic E-state index is 5.60. The van der Waals surface area contributed by atoms with Gasteiger partial charge in [0.05, 0.1) is 16.8 Å². The van der Waals surface area contributed by atoms with E-state index in [1.54, 1.807) is 0 Å². The molecule has 0 radical (unpaired) electrons. The monoisotopic (exact) mass is 840 g/mol. The van der Waals surface area contributed by atoms with E-state index in [-0.39, 0.29) is 5.41 Å². The quantitative estimate of drug-likeness (QED) is 0.167. The molecule has 0 amide bonds. The fourth-order valence-electron chi connectivity index (χ4n) is 11.6. The van der Waals surface area contributed by atoms with E-state index < -0.39 is 5.41 Å². The summed E-state index contributed by atoms with van der Waals surface area (Å²) >= 11 is 0. The zero-order chi connectivity index (χ0) is 44.0. The molecular weight excluding hydrogens is 797 g/mol. The molecule has 1 heterocycles. The van der Waals surface area contributed by atoms with Crippen molar-refractivity contribution >= 4 is 21.5 Å². The smallest absolute Gasteiger partial charge is 0.161 e. The fourth-order valence-corrected chi connectivity index (χ4v) is 11.6. The number of benzene rings is 10. The second kappa shape index (κ2) is 14.7. The highest BCUT2D eigenvalue weighted by Gasteiger charge is 2.47. The summed E-state index contributed by atoms with van der Waals surface area (Å²) < 4.78 is 0. The Morgan fingerprint density at radius 1 is 0.318 bits per heavy atom. The first-order valence-electron chi connectivity index (χ1n) is 23.0. The number of hydrogen-bond acceptors (Lipinski definition) is 2. The van der Waals surface area contributed by atoms with E-state index in [0.29, 0.717) is 5.82 Å². The largest absolute Gasteiger partial charge is 0.228 e. The molecule has 0 N–H and O–H groups in total. The Labute approximate surface area is 385 Å². The highest BCUT2D eigenvalue weighted by atomic mass is 14.9. The fraction of sp³-hybridized carbons (Fsp3) is 0.0625. The van der Waals surface area contributed by atoms with Crippen LogP contribution in [0.25, 0.3) is 88.8 Å². The van der Waals surface area contributed by atoms with Crippen molar-refractivity contribution in [2.24, 2.45) is 0 Å². The molecule has 0 aliphatic heterocycles. The highest BCUT2D eigenvalue weighted by Crippen LogP contribution is 2.58. The van der Waals surface area contributed by atoms with Gasteiger partial charge in [-0.3, -0.25) is 0 Å². The number of nitrogens with zero attached hydrogens (tertiary/aromatic N) is 2. The van der Waals surface area contributed by atoms with E-state index in [1.165, 1.54) is 82.9 Å². The maximum Gasteiger partial charge on any atom is 0.161 e. The number of fused-ring (bicyclic) bond motifs is 9. The summed E-state index contributed by atoms with van der Waals surface area (Å²) in [7, 11) is 0. The van der Waals surface area contributed by atoms with Crippen molar-refractivity contribution in [1.82, 2.24) is 9.97 Å². The third-order valence-corrected chi connectivity index (χ3v) is 14.6. The van der Waals surface area contributed by atoms with E-state index in [4.69, 9.17) is 9.97 Å². The highest BCUT2D eigenvalue weighted by molar-refractivity contribution is 6.07. The first kappa shape index (κ1) is 38.3. The van der Waals surface area contributed by atoms with E-state index >= 15 is 0 Å². The van der Waals surface area contributed by atoms with Gasteiger partial charge in [-0.1, -0.05) is 226 Å². The molecule has 66 heavy (non-hydrogen) atoms. The summed E-state index contributed by atoms with van der Waals surface area (Å²) in [5.74, 6) is 0.700. The molecule has 1 aromatic heterocycles. The Morgan fingerprint density at radius 2 is 0.894 bits per heavy atom.